The molecule has 1 unspecified atom stereocenters. The van der Waals surface area contributed by atoms with Crippen LogP contribution in [0.25, 0.3) is 0 Å². The zero-order valence-corrected chi connectivity index (χ0v) is 20.1. The summed E-state index contributed by atoms with van der Waals surface area (Å²) in [6, 6.07) is 0. The van der Waals surface area contributed by atoms with Crippen molar-refractivity contribution in [2.24, 2.45) is 46.3 Å². The number of hydrogen-bond donors (Lipinski definition) is 3. The Morgan fingerprint density at radius 2 is 1.74 bits per heavy atom. The molecule has 0 spiro atoms. The minimum atomic E-state index is -1.98. The Labute approximate surface area is 189 Å². The lowest BCUT2D eigenvalue weighted by Gasteiger charge is -2.61. The number of aliphatic hydroxyl groups excluding tert-OH is 1. The fraction of sp³-hybridized carbons (Fsp3) is 0.963. The number of fused-ring (bicyclic) bond motifs is 5. The molecule has 178 valence electrons. The lowest BCUT2D eigenvalue weighted by Crippen LogP contribution is -2.53. The maximum Gasteiger partial charge on any atom is 0.338 e. The normalized spacial score (nSPS) is 45.1. The molecule has 31 heavy (non-hydrogen) atoms. The maximum atomic E-state index is 11.3. The second-order valence-electron chi connectivity index (χ2n) is 12.5. The van der Waals surface area contributed by atoms with Crippen LogP contribution < -0.4 is 0 Å². The molecule has 4 aliphatic rings. The number of carboxylic acid groups (broad SMARTS) is 1. The highest BCUT2D eigenvalue weighted by Crippen LogP contribution is 2.68. The molecule has 0 heterocycles. The number of aliphatic hydroxyl groups is 2. The molecule has 0 aromatic heterocycles. The second kappa shape index (κ2) is 8.63. The summed E-state index contributed by atoms with van der Waals surface area (Å²) in [5.74, 6) is 3.65. The third-order valence-corrected chi connectivity index (χ3v) is 11.3. The minimum absolute atomic E-state index is 0.139. The first-order valence-electron chi connectivity index (χ1n) is 13.2. The molecule has 4 fully saturated rings. The van der Waals surface area contributed by atoms with Crippen molar-refractivity contribution >= 4 is 5.97 Å². The quantitative estimate of drug-likeness (QED) is 0.484. The van der Waals surface area contributed by atoms with Gasteiger partial charge in [-0.3, -0.25) is 0 Å². The molecular formula is C27H46O4. The minimum Gasteiger partial charge on any atom is -0.479 e. The summed E-state index contributed by atoms with van der Waals surface area (Å²) in [4.78, 5) is 11.3. The van der Waals surface area contributed by atoms with Gasteiger partial charge in [0, 0.05) is 0 Å². The van der Waals surface area contributed by atoms with Gasteiger partial charge in [0.05, 0.1) is 6.61 Å². The largest absolute Gasteiger partial charge is 0.479 e. The molecule has 4 saturated carbocycles. The van der Waals surface area contributed by atoms with Gasteiger partial charge in [-0.25, -0.2) is 4.79 Å². The Morgan fingerprint density at radius 1 is 1.00 bits per heavy atom. The third kappa shape index (κ3) is 3.88. The van der Waals surface area contributed by atoms with E-state index in [0.717, 1.165) is 30.1 Å². The molecule has 3 N–H and O–H groups in total. The van der Waals surface area contributed by atoms with Crippen LogP contribution in [0.1, 0.15) is 104 Å². The van der Waals surface area contributed by atoms with Gasteiger partial charge in [-0.2, -0.15) is 0 Å². The Hall–Kier alpha value is -0.610. The van der Waals surface area contributed by atoms with Crippen LogP contribution >= 0.6 is 0 Å². The van der Waals surface area contributed by atoms with E-state index in [1.807, 2.05) is 0 Å². The molecule has 0 aromatic carbocycles. The van der Waals surface area contributed by atoms with Crippen molar-refractivity contribution < 1.29 is 20.1 Å². The summed E-state index contributed by atoms with van der Waals surface area (Å²) in [6.07, 6.45) is 15.9. The van der Waals surface area contributed by atoms with Crippen LogP contribution in [-0.4, -0.2) is 33.5 Å². The predicted octanol–water partition coefficient (Wildman–Crippen LogP) is 5.65. The summed E-state index contributed by atoms with van der Waals surface area (Å²) in [7, 11) is 0. The molecule has 4 heteroatoms. The van der Waals surface area contributed by atoms with Crippen molar-refractivity contribution in [3.63, 3.8) is 0 Å². The molecule has 0 aliphatic heterocycles. The number of aliphatic carboxylic acids is 1. The van der Waals surface area contributed by atoms with Gasteiger partial charge in [0.2, 0.25) is 0 Å². The molecule has 9 atom stereocenters. The molecule has 0 amide bonds. The van der Waals surface area contributed by atoms with E-state index in [1.165, 1.54) is 64.2 Å². The van der Waals surface area contributed by atoms with Crippen molar-refractivity contribution in [3.8, 4) is 0 Å². The highest BCUT2D eigenvalue weighted by atomic mass is 16.4. The van der Waals surface area contributed by atoms with Gasteiger partial charge in [-0.15, -0.1) is 0 Å². The molecule has 0 bridgehead atoms. The smallest absolute Gasteiger partial charge is 0.338 e. The zero-order valence-electron chi connectivity index (χ0n) is 20.1. The maximum absolute atomic E-state index is 11.3. The van der Waals surface area contributed by atoms with Gasteiger partial charge in [0.25, 0.3) is 0 Å². The molecule has 0 aromatic rings. The molecule has 0 radical (unpaired) electrons. The number of hydrogen-bond acceptors (Lipinski definition) is 3. The monoisotopic (exact) mass is 434 g/mol. The van der Waals surface area contributed by atoms with E-state index in [-0.39, 0.29) is 6.42 Å². The third-order valence-electron chi connectivity index (χ3n) is 11.3. The van der Waals surface area contributed by atoms with Crippen LogP contribution in [0.3, 0.4) is 0 Å². The molecule has 4 rings (SSSR count). The Balaban J connectivity index is 1.41. The average molecular weight is 435 g/mol. The van der Waals surface area contributed by atoms with Crippen LogP contribution in [0.2, 0.25) is 0 Å². The summed E-state index contributed by atoms with van der Waals surface area (Å²) in [5.41, 5.74) is -0.954. The van der Waals surface area contributed by atoms with E-state index in [1.54, 1.807) is 0 Å². The van der Waals surface area contributed by atoms with Crippen LogP contribution in [0.4, 0.5) is 0 Å². The molecule has 0 saturated heterocycles. The fourth-order valence-corrected chi connectivity index (χ4v) is 9.44. The van der Waals surface area contributed by atoms with Crippen LogP contribution in [0, 0.1) is 46.3 Å². The summed E-state index contributed by atoms with van der Waals surface area (Å²) in [6.45, 7) is 6.88. The first-order valence-corrected chi connectivity index (χ1v) is 13.2. The van der Waals surface area contributed by atoms with Crippen molar-refractivity contribution in [2.45, 2.75) is 110 Å². The predicted molar refractivity (Wildman–Crippen MR) is 123 cm³/mol. The van der Waals surface area contributed by atoms with Gasteiger partial charge in [0.15, 0.2) is 5.60 Å². The first-order chi connectivity index (χ1) is 14.7. The molecular weight excluding hydrogens is 388 g/mol. The van der Waals surface area contributed by atoms with Crippen molar-refractivity contribution in [1.82, 2.24) is 0 Å². The number of rotatable bonds is 7. The van der Waals surface area contributed by atoms with Gasteiger partial charge in [-0.1, -0.05) is 40.0 Å². The highest BCUT2D eigenvalue weighted by molar-refractivity contribution is 5.77. The molecule has 4 aliphatic carbocycles. The summed E-state index contributed by atoms with van der Waals surface area (Å²) < 4.78 is 0. The van der Waals surface area contributed by atoms with Gasteiger partial charge >= 0.3 is 5.97 Å². The van der Waals surface area contributed by atoms with Crippen molar-refractivity contribution in [3.05, 3.63) is 0 Å². The van der Waals surface area contributed by atoms with E-state index in [0.29, 0.717) is 29.1 Å². The first kappa shape index (κ1) is 23.5. The number of carboxylic acids is 1. The van der Waals surface area contributed by atoms with E-state index < -0.39 is 18.2 Å². The Morgan fingerprint density at radius 3 is 2.45 bits per heavy atom. The van der Waals surface area contributed by atoms with Gasteiger partial charge < -0.3 is 15.3 Å². The Kier molecular flexibility index (Phi) is 6.55. The zero-order chi connectivity index (χ0) is 22.4. The van der Waals surface area contributed by atoms with Crippen molar-refractivity contribution in [2.75, 3.05) is 6.61 Å². The summed E-state index contributed by atoms with van der Waals surface area (Å²) >= 11 is 0. The van der Waals surface area contributed by atoms with Crippen LogP contribution in [-0.2, 0) is 4.79 Å². The van der Waals surface area contributed by atoms with E-state index >= 15 is 0 Å². The second-order valence-corrected chi connectivity index (χ2v) is 12.5. The molecule has 4 nitrogen and oxygen atoms in total. The van der Waals surface area contributed by atoms with Crippen LogP contribution in [0.15, 0.2) is 0 Å². The van der Waals surface area contributed by atoms with Gasteiger partial charge in [0.1, 0.15) is 0 Å². The van der Waals surface area contributed by atoms with E-state index in [4.69, 9.17) is 0 Å². The lowest BCUT2D eigenvalue weighted by molar-refractivity contribution is -0.163. The highest BCUT2D eigenvalue weighted by Gasteiger charge is 2.60. The standard InChI is InChI=1S/C27H46O4/c1-18(7-6-15-27(31,17-28)24(29)30)21-11-12-22-20-10-9-19-8-4-5-14-25(19,2)23(20)13-16-26(21,22)3/h18-23,28,31H,4-17H2,1-3H3,(H,29,30)/t18-,19?,20+,21-,22+,23+,25+,26-,27-/m1/s1. The fourth-order valence-electron chi connectivity index (χ4n) is 9.44. The SMILES string of the molecule is C[C@H](CCC[C@@](O)(CO)C(=O)O)[C@H]1CC[C@H]2[C@@H]3CCC4CCCC[C@]4(C)[C@H]3CC[C@]12C. The van der Waals surface area contributed by atoms with Crippen LogP contribution in [0.5, 0.6) is 0 Å². The lowest BCUT2D eigenvalue weighted by atomic mass is 9.44. The summed E-state index contributed by atoms with van der Waals surface area (Å²) in [5, 5.41) is 28.6. The van der Waals surface area contributed by atoms with Gasteiger partial charge in [-0.05, 0) is 111 Å². The topological polar surface area (TPSA) is 77.8 Å². The average Bonchev–Trinajstić information content (AvgIpc) is 3.10. The van der Waals surface area contributed by atoms with E-state index in [9.17, 15) is 20.1 Å². The van der Waals surface area contributed by atoms with Crippen molar-refractivity contribution in [1.29, 1.82) is 0 Å². The Bertz CT molecular complexity index is 664. The number of carbonyl (C=O) groups is 1. The van der Waals surface area contributed by atoms with E-state index in [2.05, 4.69) is 20.8 Å².